The van der Waals surface area contributed by atoms with Crippen molar-refractivity contribution >= 4 is 0 Å². The van der Waals surface area contributed by atoms with Gasteiger partial charge in [-0.1, -0.05) is 19.4 Å². The van der Waals surface area contributed by atoms with E-state index in [0.29, 0.717) is 6.10 Å². The third kappa shape index (κ3) is 11.5. The maximum atomic E-state index is 5.46. The number of unbranched alkanes of at least 4 members (excludes halogenated alkanes) is 3. The van der Waals surface area contributed by atoms with Crippen LogP contribution in [0.1, 0.15) is 46.5 Å². The van der Waals surface area contributed by atoms with Gasteiger partial charge >= 0.3 is 0 Å². The summed E-state index contributed by atoms with van der Waals surface area (Å²) < 4.78 is 5.46. The summed E-state index contributed by atoms with van der Waals surface area (Å²) in [6.07, 6.45) is 5.34. The van der Waals surface area contributed by atoms with Gasteiger partial charge in [0.15, 0.2) is 0 Å². The minimum atomic E-state index is 0.375. The van der Waals surface area contributed by atoms with Crippen LogP contribution >= 0.6 is 0 Å². The summed E-state index contributed by atoms with van der Waals surface area (Å²) >= 11 is 0. The first-order chi connectivity index (χ1) is 6.63. The van der Waals surface area contributed by atoms with Crippen LogP contribution in [0, 0.1) is 0 Å². The minimum Gasteiger partial charge on any atom is -0.389 e. The van der Waals surface area contributed by atoms with Crippen molar-refractivity contribution in [3.05, 3.63) is 12.3 Å². The summed E-state index contributed by atoms with van der Waals surface area (Å²) in [7, 11) is 0. The van der Waals surface area contributed by atoms with Crippen molar-refractivity contribution in [1.29, 1.82) is 0 Å². The summed E-state index contributed by atoms with van der Waals surface area (Å²) in [5.41, 5.74) is 1.06. The number of allylic oxidation sites excluding steroid dienone is 1. The van der Waals surface area contributed by atoms with E-state index in [9.17, 15) is 0 Å². The zero-order chi connectivity index (χ0) is 10.8. The second-order valence-corrected chi connectivity index (χ2v) is 4.04. The maximum Gasteiger partial charge on any atom is 0.0518 e. The van der Waals surface area contributed by atoms with Gasteiger partial charge in [0.1, 0.15) is 0 Å². The molecule has 0 aliphatic rings. The molecule has 2 nitrogen and oxygen atoms in total. The van der Waals surface area contributed by atoms with E-state index in [0.717, 1.165) is 18.8 Å². The molecule has 0 unspecified atom stereocenters. The fourth-order valence-corrected chi connectivity index (χ4v) is 1.20. The Kier molecular flexibility index (Phi) is 8.75. The van der Waals surface area contributed by atoms with Crippen LogP contribution in [-0.2, 0) is 4.74 Å². The van der Waals surface area contributed by atoms with E-state index >= 15 is 0 Å². The van der Waals surface area contributed by atoms with Crippen LogP contribution in [0.3, 0.4) is 0 Å². The highest BCUT2D eigenvalue weighted by Gasteiger charge is 1.93. The summed E-state index contributed by atoms with van der Waals surface area (Å²) in [5.74, 6) is 0. The van der Waals surface area contributed by atoms with Gasteiger partial charge in [0, 0.05) is 18.8 Å². The average Bonchev–Trinajstić information content (AvgIpc) is 2.08. The van der Waals surface area contributed by atoms with Gasteiger partial charge < -0.3 is 10.1 Å². The molecule has 14 heavy (non-hydrogen) atoms. The molecule has 0 amide bonds. The van der Waals surface area contributed by atoms with E-state index in [1.165, 1.54) is 25.7 Å². The Morgan fingerprint density at radius 2 is 1.86 bits per heavy atom. The first kappa shape index (κ1) is 13.5. The maximum absolute atomic E-state index is 5.46. The van der Waals surface area contributed by atoms with E-state index < -0.39 is 0 Å². The van der Waals surface area contributed by atoms with Crippen LogP contribution in [0.15, 0.2) is 12.3 Å². The summed E-state index contributed by atoms with van der Waals surface area (Å²) in [5, 5.41) is 3.23. The topological polar surface area (TPSA) is 21.3 Å². The molecule has 0 saturated carbocycles. The predicted octanol–water partition coefficient (Wildman–Crippen LogP) is 3.10. The number of nitrogens with one attached hydrogen (secondary N) is 1. The Morgan fingerprint density at radius 1 is 1.21 bits per heavy atom. The largest absolute Gasteiger partial charge is 0.389 e. The van der Waals surface area contributed by atoms with Gasteiger partial charge in [-0.3, -0.25) is 0 Å². The second kappa shape index (κ2) is 9.07. The first-order valence-electron chi connectivity index (χ1n) is 5.64. The number of ether oxygens (including phenoxy) is 1. The summed E-state index contributed by atoms with van der Waals surface area (Å²) in [6.45, 7) is 11.9. The Morgan fingerprint density at radius 3 is 2.43 bits per heavy atom. The lowest BCUT2D eigenvalue weighted by molar-refractivity contribution is 0.0757. The summed E-state index contributed by atoms with van der Waals surface area (Å²) in [4.78, 5) is 0. The highest BCUT2D eigenvalue weighted by molar-refractivity contribution is 4.83. The number of hydrogen-bond donors (Lipinski definition) is 1. The van der Waals surface area contributed by atoms with Gasteiger partial charge in [0.2, 0.25) is 0 Å². The molecule has 0 rings (SSSR count). The molecular formula is C12H25NO. The van der Waals surface area contributed by atoms with Crippen LogP contribution in [0.2, 0.25) is 0 Å². The monoisotopic (exact) mass is 199 g/mol. The van der Waals surface area contributed by atoms with E-state index in [1.807, 2.05) is 6.92 Å². The van der Waals surface area contributed by atoms with Crippen molar-refractivity contribution in [2.75, 3.05) is 13.2 Å². The van der Waals surface area contributed by atoms with Crippen LogP contribution in [0.4, 0.5) is 0 Å². The normalized spacial score (nSPS) is 10.6. The van der Waals surface area contributed by atoms with Crippen molar-refractivity contribution in [3.8, 4) is 0 Å². The minimum absolute atomic E-state index is 0.375. The molecule has 0 bridgehead atoms. The van der Waals surface area contributed by atoms with Gasteiger partial charge in [-0.05, 0) is 33.6 Å². The van der Waals surface area contributed by atoms with Crippen LogP contribution in [-0.4, -0.2) is 19.3 Å². The smallest absolute Gasteiger partial charge is 0.0518 e. The lowest BCUT2D eigenvalue weighted by Crippen LogP contribution is -2.11. The molecule has 0 aromatic heterocycles. The molecule has 0 aromatic rings. The highest BCUT2D eigenvalue weighted by Crippen LogP contribution is 2.01. The Balaban J connectivity index is 2.96. The Labute approximate surface area is 88.7 Å². The fraction of sp³-hybridized carbons (Fsp3) is 0.833. The fourth-order valence-electron chi connectivity index (χ4n) is 1.20. The van der Waals surface area contributed by atoms with E-state index in [2.05, 4.69) is 25.7 Å². The molecule has 0 fully saturated rings. The van der Waals surface area contributed by atoms with Crippen LogP contribution in [0.5, 0.6) is 0 Å². The molecule has 1 N–H and O–H groups in total. The van der Waals surface area contributed by atoms with Gasteiger partial charge in [0.05, 0.1) is 6.10 Å². The molecule has 0 aliphatic heterocycles. The number of hydrogen-bond acceptors (Lipinski definition) is 2. The van der Waals surface area contributed by atoms with Crippen molar-refractivity contribution in [3.63, 3.8) is 0 Å². The van der Waals surface area contributed by atoms with E-state index in [4.69, 9.17) is 4.74 Å². The first-order valence-corrected chi connectivity index (χ1v) is 5.64. The molecule has 84 valence electrons. The standard InChI is InChI=1S/C12H25NO/c1-11(2)13-9-7-5-6-8-10-14-12(3)4/h12-13H,1,5-10H2,2-4H3. The molecule has 2 heteroatoms. The Bertz CT molecular complexity index is 143. The van der Waals surface area contributed by atoms with Crippen LogP contribution < -0.4 is 5.32 Å². The third-order valence-corrected chi connectivity index (χ3v) is 1.95. The molecular weight excluding hydrogens is 174 g/mol. The second-order valence-electron chi connectivity index (χ2n) is 4.04. The summed E-state index contributed by atoms with van der Waals surface area (Å²) in [6, 6.07) is 0. The van der Waals surface area contributed by atoms with Crippen LogP contribution in [0.25, 0.3) is 0 Å². The highest BCUT2D eigenvalue weighted by atomic mass is 16.5. The third-order valence-electron chi connectivity index (χ3n) is 1.95. The number of rotatable bonds is 9. The zero-order valence-electron chi connectivity index (χ0n) is 9.94. The van der Waals surface area contributed by atoms with Gasteiger partial charge in [-0.15, -0.1) is 0 Å². The Hall–Kier alpha value is -0.500. The molecule has 0 heterocycles. The van der Waals surface area contributed by atoms with Gasteiger partial charge in [-0.25, -0.2) is 0 Å². The van der Waals surface area contributed by atoms with Crippen molar-refractivity contribution < 1.29 is 4.74 Å². The lowest BCUT2D eigenvalue weighted by Gasteiger charge is -2.07. The molecule has 0 spiro atoms. The SMILES string of the molecule is C=C(C)NCCCCCCOC(C)C. The molecule has 0 aromatic carbocycles. The zero-order valence-corrected chi connectivity index (χ0v) is 9.94. The van der Waals surface area contributed by atoms with Gasteiger partial charge in [0.25, 0.3) is 0 Å². The molecule has 0 atom stereocenters. The van der Waals surface area contributed by atoms with Crippen molar-refractivity contribution in [2.45, 2.75) is 52.6 Å². The van der Waals surface area contributed by atoms with Crippen molar-refractivity contribution in [2.24, 2.45) is 0 Å². The van der Waals surface area contributed by atoms with E-state index in [-0.39, 0.29) is 0 Å². The molecule has 0 radical (unpaired) electrons. The average molecular weight is 199 g/mol. The van der Waals surface area contributed by atoms with Gasteiger partial charge in [-0.2, -0.15) is 0 Å². The predicted molar refractivity (Wildman–Crippen MR) is 62.4 cm³/mol. The van der Waals surface area contributed by atoms with Crippen molar-refractivity contribution in [1.82, 2.24) is 5.32 Å². The molecule has 0 aliphatic carbocycles. The quantitative estimate of drug-likeness (QED) is 0.576. The molecule has 0 saturated heterocycles. The van der Waals surface area contributed by atoms with E-state index in [1.54, 1.807) is 0 Å². The lowest BCUT2D eigenvalue weighted by atomic mass is 10.2.